The predicted molar refractivity (Wildman–Crippen MR) is 114 cm³/mol. The topological polar surface area (TPSA) is 62.4 Å². The fourth-order valence-corrected chi connectivity index (χ4v) is 2.73. The van der Waals surface area contributed by atoms with Gasteiger partial charge < -0.3 is 10.1 Å². The van der Waals surface area contributed by atoms with E-state index in [1.807, 2.05) is 44.2 Å². The van der Waals surface area contributed by atoms with E-state index in [0.29, 0.717) is 10.9 Å². The SMILES string of the molecule is Cc1ccc(C(C)C)c(OCC(=O)NNC(=S)Nc2ccc(C)c(Cl)c2)c1. The summed E-state index contributed by atoms with van der Waals surface area (Å²) in [4.78, 5) is 12.0. The van der Waals surface area contributed by atoms with E-state index in [-0.39, 0.29) is 17.6 Å². The number of halogens is 1. The molecule has 5 nitrogen and oxygen atoms in total. The second-order valence-corrected chi connectivity index (χ2v) is 7.39. The average molecular weight is 406 g/mol. The minimum atomic E-state index is -0.336. The first-order valence-corrected chi connectivity index (χ1v) is 9.40. The molecule has 27 heavy (non-hydrogen) atoms. The zero-order valence-corrected chi connectivity index (χ0v) is 17.4. The highest BCUT2D eigenvalue weighted by Gasteiger charge is 2.10. The molecule has 0 spiro atoms. The molecule has 0 bridgehead atoms. The minimum absolute atomic E-state index is 0.116. The predicted octanol–water partition coefficient (Wildman–Crippen LogP) is 4.48. The maximum Gasteiger partial charge on any atom is 0.276 e. The van der Waals surface area contributed by atoms with Gasteiger partial charge in [-0.3, -0.25) is 15.6 Å². The lowest BCUT2D eigenvalue weighted by Gasteiger charge is -2.15. The van der Waals surface area contributed by atoms with E-state index < -0.39 is 0 Å². The molecule has 0 aliphatic carbocycles. The van der Waals surface area contributed by atoms with Crippen LogP contribution in [0.1, 0.15) is 36.5 Å². The third kappa shape index (κ3) is 6.41. The molecule has 0 radical (unpaired) electrons. The fraction of sp³-hybridized carbons (Fsp3) is 0.300. The summed E-state index contributed by atoms with van der Waals surface area (Å²) >= 11 is 11.2. The third-order valence-corrected chi connectivity index (χ3v) is 4.51. The van der Waals surface area contributed by atoms with Crippen LogP contribution in [0.2, 0.25) is 5.02 Å². The molecule has 1 amide bonds. The van der Waals surface area contributed by atoms with Crippen LogP contribution in [0.25, 0.3) is 0 Å². The van der Waals surface area contributed by atoms with Crippen LogP contribution in [0.5, 0.6) is 5.75 Å². The number of nitrogens with one attached hydrogen (secondary N) is 3. The van der Waals surface area contributed by atoms with E-state index in [0.717, 1.165) is 28.1 Å². The molecule has 0 aliphatic heterocycles. The highest BCUT2D eigenvalue weighted by molar-refractivity contribution is 7.80. The quantitative estimate of drug-likeness (QED) is 0.505. The first-order valence-electron chi connectivity index (χ1n) is 8.61. The number of carbonyl (C=O) groups excluding carboxylic acids is 1. The smallest absolute Gasteiger partial charge is 0.276 e. The Morgan fingerprint density at radius 3 is 2.56 bits per heavy atom. The first kappa shape index (κ1) is 21.0. The van der Waals surface area contributed by atoms with Crippen molar-refractivity contribution in [3.05, 3.63) is 58.1 Å². The van der Waals surface area contributed by atoms with Crippen molar-refractivity contribution in [2.24, 2.45) is 0 Å². The van der Waals surface area contributed by atoms with E-state index in [9.17, 15) is 4.79 Å². The summed E-state index contributed by atoms with van der Waals surface area (Å²) in [5, 5.41) is 3.84. The average Bonchev–Trinajstić information content (AvgIpc) is 2.61. The van der Waals surface area contributed by atoms with Crippen LogP contribution in [0, 0.1) is 13.8 Å². The molecule has 0 fully saturated rings. The zero-order chi connectivity index (χ0) is 20.0. The summed E-state index contributed by atoms with van der Waals surface area (Å²) < 4.78 is 5.69. The molecule has 0 heterocycles. The van der Waals surface area contributed by atoms with Gasteiger partial charge in [0.15, 0.2) is 11.7 Å². The number of hydrazine groups is 1. The van der Waals surface area contributed by atoms with E-state index in [2.05, 4.69) is 30.0 Å². The van der Waals surface area contributed by atoms with Gasteiger partial charge in [-0.15, -0.1) is 0 Å². The van der Waals surface area contributed by atoms with Gasteiger partial charge >= 0.3 is 0 Å². The summed E-state index contributed by atoms with van der Waals surface area (Å²) in [5.74, 6) is 0.687. The lowest BCUT2D eigenvalue weighted by Crippen LogP contribution is -2.45. The van der Waals surface area contributed by atoms with Crippen molar-refractivity contribution in [1.29, 1.82) is 0 Å². The molecule has 0 aromatic heterocycles. The molecule has 0 aliphatic rings. The van der Waals surface area contributed by atoms with Crippen LogP contribution in [-0.4, -0.2) is 17.6 Å². The maximum absolute atomic E-state index is 12.0. The third-order valence-electron chi connectivity index (χ3n) is 3.89. The van der Waals surface area contributed by atoms with Crippen molar-refractivity contribution >= 4 is 40.5 Å². The van der Waals surface area contributed by atoms with Crippen LogP contribution in [0.3, 0.4) is 0 Å². The second-order valence-electron chi connectivity index (χ2n) is 6.58. The molecule has 0 atom stereocenters. The summed E-state index contributed by atoms with van der Waals surface area (Å²) in [7, 11) is 0. The molecule has 2 rings (SSSR count). The van der Waals surface area contributed by atoms with Crippen LogP contribution in [-0.2, 0) is 4.79 Å². The Morgan fingerprint density at radius 2 is 1.89 bits per heavy atom. The summed E-state index contributed by atoms with van der Waals surface area (Å²) in [6.07, 6.45) is 0. The van der Waals surface area contributed by atoms with Gasteiger partial charge in [-0.25, -0.2) is 0 Å². The van der Waals surface area contributed by atoms with Crippen LogP contribution < -0.4 is 20.9 Å². The van der Waals surface area contributed by atoms with Gasteiger partial charge in [-0.05, 0) is 66.9 Å². The van der Waals surface area contributed by atoms with Gasteiger partial charge in [-0.2, -0.15) is 0 Å². The zero-order valence-electron chi connectivity index (χ0n) is 15.9. The summed E-state index contributed by atoms with van der Waals surface area (Å²) in [6, 6.07) is 11.5. The Balaban J connectivity index is 1.83. The van der Waals surface area contributed by atoms with Gasteiger partial charge in [-0.1, -0.05) is 43.6 Å². The first-order chi connectivity index (χ1) is 12.8. The van der Waals surface area contributed by atoms with Crippen molar-refractivity contribution in [1.82, 2.24) is 10.9 Å². The molecule has 144 valence electrons. The Labute approximate surface area is 170 Å². The largest absolute Gasteiger partial charge is 0.483 e. The van der Waals surface area contributed by atoms with Crippen molar-refractivity contribution in [3.63, 3.8) is 0 Å². The number of anilines is 1. The van der Waals surface area contributed by atoms with E-state index in [1.54, 1.807) is 6.07 Å². The second kappa shape index (κ2) is 9.58. The molecular weight excluding hydrogens is 382 g/mol. The Hall–Kier alpha value is -2.31. The van der Waals surface area contributed by atoms with Crippen molar-refractivity contribution in [2.45, 2.75) is 33.6 Å². The highest BCUT2D eigenvalue weighted by Crippen LogP contribution is 2.27. The summed E-state index contributed by atoms with van der Waals surface area (Å²) in [5.41, 5.74) is 9.01. The van der Waals surface area contributed by atoms with Crippen LogP contribution in [0.4, 0.5) is 5.69 Å². The Morgan fingerprint density at radius 1 is 1.15 bits per heavy atom. The van der Waals surface area contributed by atoms with Gasteiger partial charge in [0.05, 0.1) is 0 Å². The monoisotopic (exact) mass is 405 g/mol. The molecule has 0 saturated heterocycles. The van der Waals surface area contributed by atoms with Crippen molar-refractivity contribution < 1.29 is 9.53 Å². The standard InChI is InChI=1S/C20H24ClN3O2S/c1-12(2)16-8-5-13(3)9-18(16)26-11-19(25)23-24-20(27)22-15-7-6-14(4)17(21)10-15/h5-10,12H,11H2,1-4H3,(H,23,25)(H2,22,24,27). The Bertz CT molecular complexity index is 840. The maximum atomic E-state index is 12.0. The number of benzene rings is 2. The van der Waals surface area contributed by atoms with Crippen LogP contribution in [0.15, 0.2) is 36.4 Å². The number of thiocarbonyl (C=S) groups is 1. The minimum Gasteiger partial charge on any atom is -0.483 e. The number of amides is 1. The summed E-state index contributed by atoms with van der Waals surface area (Å²) in [6.45, 7) is 7.96. The number of aryl methyl sites for hydroxylation is 2. The molecule has 0 saturated carbocycles. The number of hydrogen-bond donors (Lipinski definition) is 3. The van der Waals surface area contributed by atoms with Gasteiger partial charge in [0.25, 0.3) is 5.91 Å². The molecule has 0 unspecified atom stereocenters. The van der Waals surface area contributed by atoms with Gasteiger partial charge in [0, 0.05) is 10.7 Å². The molecular formula is C20H24ClN3O2S. The number of ether oxygens (including phenoxy) is 1. The molecule has 3 N–H and O–H groups in total. The van der Waals surface area contributed by atoms with Crippen molar-refractivity contribution in [3.8, 4) is 5.75 Å². The van der Waals surface area contributed by atoms with E-state index >= 15 is 0 Å². The van der Waals surface area contributed by atoms with E-state index in [4.69, 9.17) is 28.6 Å². The number of rotatable bonds is 5. The molecule has 2 aromatic carbocycles. The molecule has 2 aromatic rings. The number of carbonyl (C=O) groups is 1. The lowest BCUT2D eigenvalue weighted by molar-refractivity contribution is -0.123. The van der Waals surface area contributed by atoms with E-state index in [1.165, 1.54) is 0 Å². The lowest BCUT2D eigenvalue weighted by atomic mass is 10.0. The normalized spacial score (nSPS) is 10.4. The highest BCUT2D eigenvalue weighted by atomic mass is 35.5. The van der Waals surface area contributed by atoms with Gasteiger partial charge in [0.2, 0.25) is 0 Å². The molecule has 7 heteroatoms. The number of hydrogen-bond acceptors (Lipinski definition) is 3. The van der Waals surface area contributed by atoms with Crippen molar-refractivity contribution in [2.75, 3.05) is 11.9 Å². The fourth-order valence-electron chi connectivity index (χ4n) is 2.38. The van der Waals surface area contributed by atoms with Crippen LogP contribution >= 0.6 is 23.8 Å². The Kier molecular flexibility index (Phi) is 7.45. The van der Waals surface area contributed by atoms with Gasteiger partial charge in [0.1, 0.15) is 5.75 Å².